The van der Waals surface area contributed by atoms with Crippen LogP contribution in [-0.4, -0.2) is 18.1 Å². The van der Waals surface area contributed by atoms with Crippen LogP contribution < -0.4 is 5.32 Å². The van der Waals surface area contributed by atoms with Crippen molar-refractivity contribution in [3.63, 3.8) is 0 Å². The molecule has 2 N–H and O–H groups in total. The van der Waals surface area contributed by atoms with Crippen molar-refractivity contribution in [3.8, 4) is 0 Å². The molecular weight excluding hydrogens is 160 g/mol. The molecule has 2 heterocycles. The number of hydrogen-bond donors (Lipinski definition) is 2. The Balaban J connectivity index is 2.10. The van der Waals surface area contributed by atoms with Crippen molar-refractivity contribution in [3.05, 3.63) is 36.0 Å². The summed E-state index contributed by atoms with van der Waals surface area (Å²) in [6.45, 7) is 2.24. The van der Waals surface area contributed by atoms with E-state index in [1.165, 1.54) is 16.6 Å². The van der Waals surface area contributed by atoms with E-state index >= 15 is 0 Å². The molecule has 1 fully saturated rings. The van der Waals surface area contributed by atoms with Crippen LogP contribution in [0.4, 0.5) is 0 Å². The zero-order valence-corrected chi connectivity index (χ0v) is 7.38. The predicted octanol–water partition coefficient (Wildman–Crippen LogP) is 1.85. The van der Waals surface area contributed by atoms with Gasteiger partial charge in [0.25, 0.3) is 0 Å². The summed E-state index contributed by atoms with van der Waals surface area (Å²) in [7, 11) is 0. The van der Waals surface area contributed by atoms with Gasteiger partial charge in [0.05, 0.1) is 0 Å². The first kappa shape index (κ1) is 7.15. The Hall–Kier alpha value is -1.28. The van der Waals surface area contributed by atoms with E-state index < -0.39 is 0 Å². The SMILES string of the molecule is c1ccc2[nH]c(C3CNC3)cc2c1. The summed E-state index contributed by atoms with van der Waals surface area (Å²) < 4.78 is 0. The molecule has 0 amide bonds. The summed E-state index contributed by atoms with van der Waals surface area (Å²) in [5.41, 5.74) is 2.63. The topological polar surface area (TPSA) is 27.8 Å². The maximum atomic E-state index is 3.46. The monoisotopic (exact) mass is 172 g/mol. The van der Waals surface area contributed by atoms with Crippen molar-refractivity contribution < 1.29 is 0 Å². The van der Waals surface area contributed by atoms with Gasteiger partial charge in [-0.1, -0.05) is 18.2 Å². The Labute approximate surface area is 77.0 Å². The molecule has 0 radical (unpaired) electrons. The van der Waals surface area contributed by atoms with Crippen LogP contribution in [0.3, 0.4) is 0 Å². The first-order chi connectivity index (χ1) is 6.43. The minimum atomic E-state index is 0.701. The lowest BCUT2D eigenvalue weighted by molar-refractivity contribution is 0.442. The summed E-state index contributed by atoms with van der Waals surface area (Å²) in [4.78, 5) is 3.46. The molecule has 1 saturated heterocycles. The number of aromatic amines is 1. The molecule has 1 aliphatic rings. The molecular formula is C11H12N2. The van der Waals surface area contributed by atoms with Gasteiger partial charge in [-0.15, -0.1) is 0 Å². The van der Waals surface area contributed by atoms with Crippen LogP contribution in [0.1, 0.15) is 11.6 Å². The Morgan fingerprint density at radius 2 is 2.00 bits per heavy atom. The fraction of sp³-hybridized carbons (Fsp3) is 0.273. The lowest BCUT2D eigenvalue weighted by Gasteiger charge is -2.25. The molecule has 0 spiro atoms. The van der Waals surface area contributed by atoms with E-state index in [0.717, 1.165) is 13.1 Å². The van der Waals surface area contributed by atoms with Crippen LogP contribution in [0.2, 0.25) is 0 Å². The maximum absolute atomic E-state index is 3.46. The second-order valence-electron chi connectivity index (χ2n) is 3.67. The van der Waals surface area contributed by atoms with Gasteiger partial charge in [-0.2, -0.15) is 0 Å². The lowest BCUT2D eigenvalue weighted by Crippen LogP contribution is -2.40. The minimum absolute atomic E-state index is 0.701. The van der Waals surface area contributed by atoms with E-state index in [2.05, 4.69) is 40.6 Å². The number of hydrogen-bond acceptors (Lipinski definition) is 1. The highest BCUT2D eigenvalue weighted by atomic mass is 15.0. The van der Waals surface area contributed by atoms with Crippen molar-refractivity contribution in [1.29, 1.82) is 0 Å². The molecule has 0 atom stereocenters. The smallest absolute Gasteiger partial charge is 0.0456 e. The van der Waals surface area contributed by atoms with E-state index in [1.54, 1.807) is 0 Å². The van der Waals surface area contributed by atoms with Crippen LogP contribution in [0, 0.1) is 0 Å². The Kier molecular flexibility index (Phi) is 1.43. The molecule has 2 heteroatoms. The van der Waals surface area contributed by atoms with Crippen LogP contribution in [-0.2, 0) is 0 Å². The van der Waals surface area contributed by atoms with E-state index in [1.807, 2.05) is 0 Å². The fourth-order valence-corrected chi connectivity index (χ4v) is 1.82. The summed E-state index contributed by atoms with van der Waals surface area (Å²) in [6.07, 6.45) is 0. The zero-order valence-electron chi connectivity index (χ0n) is 7.38. The van der Waals surface area contributed by atoms with Crippen LogP contribution in [0.25, 0.3) is 10.9 Å². The van der Waals surface area contributed by atoms with E-state index in [9.17, 15) is 0 Å². The van der Waals surface area contributed by atoms with Crippen molar-refractivity contribution in [2.75, 3.05) is 13.1 Å². The zero-order chi connectivity index (χ0) is 8.67. The average molecular weight is 172 g/mol. The lowest BCUT2D eigenvalue weighted by atomic mass is 10.00. The fourth-order valence-electron chi connectivity index (χ4n) is 1.82. The number of fused-ring (bicyclic) bond motifs is 1. The molecule has 0 saturated carbocycles. The number of aromatic nitrogens is 1. The molecule has 1 aliphatic heterocycles. The van der Waals surface area contributed by atoms with Crippen LogP contribution in [0.15, 0.2) is 30.3 Å². The Morgan fingerprint density at radius 3 is 2.69 bits per heavy atom. The molecule has 0 aliphatic carbocycles. The summed E-state index contributed by atoms with van der Waals surface area (Å²) in [5, 5.41) is 4.61. The number of benzene rings is 1. The van der Waals surface area contributed by atoms with Gasteiger partial charge in [0, 0.05) is 30.2 Å². The number of nitrogens with one attached hydrogen (secondary N) is 2. The third-order valence-electron chi connectivity index (χ3n) is 2.77. The third kappa shape index (κ3) is 1.06. The van der Waals surface area contributed by atoms with Crippen molar-refractivity contribution >= 4 is 10.9 Å². The molecule has 13 heavy (non-hydrogen) atoms. The second kappa shape index (κ2) is 2.60. The molecule has 0 unspecified atom stereocenters. The van der Waals surface area contributed by atoms with Gasteiger partial charge in [0.1, 0.15) is 0 Å². The maximum Gasteiger partial charge on any atom is 0.0456 e. The van der Waals surface area contributed by atoms with Gasteiger partial charge in [-0.25, -0.2) is 0 Å². The van der Waals surface area contributed by atoms with E-state index in [4.69, 9.17) is 0 Å². The van der Waals surface area contributed by atoms with E-state index in [-0.39, 0.29) is 0 Å². The first-order valence-electron chi connectivity index (χ1n) is 4.72. The average Bonchev–Trinajstić information content (AvgIpc) is 2.43. The van der Waals surface area contributed by atoms with E-state index in [0.29, 0.717) is 5.92 Å². The molecule has 1 aromatic carbocycles. The highest BCUT2D eigenvalue weighted by molar-refractivity contribution is 5.80. The summed E-state index contributed by atoms with van der Waals surface area (Å²) >= 11 is 0. The highest BCUT2D eigenvalue weighted by Gasteiger charge is 2.20. The summed E-state index contributed by atoms with van der Waals surface area (Å²) in [6, 6.07) is 10.7. The summed E-state index contributed by atoms with van der Waals surface area (Å²) in [5.74, 6) is 0.701. The molecule has 0 bridgehead atoms. The van der Waals surface area contributed by atoms with Gasteiger partial charge < -0.3 is 10.3 Å². The largest absolute Gasteiger partial charge is 0.358 e. The van der Waals surface area contributed by atoms with Gasteiger partial charge in [-0.3, -0.25) is 0 Å². The minimum Gasteiger partial charge on any atom is -0.358 e. The van der Waals surface area contributed by atoms with Gasteiger partial charge >= 0.3 is 0 Å². The molecule has 2 nitrogen and oxygen atoms in total. The standard InChI is InChI=1S/C11H12N2/c1-2-4-10-8(3-1)5-11(13-10)9-6-12-7-9/h1-5,9,12-13H,6-7H2. The van der Waals surface area contributed by atoms with Gasteiger partial charge in [0.15, 0.2) is 0 Å². The molecule has 2 aromatic rings. The molecule has 66 valence electrons. The van der Waals surface area contributed by atoms with Crippen molar-refractivity contribution in [2.24, 2.45) is 0 Å². The Bertz CT molecular complexity index is 393. The van der Waals surface area contributed by atoms with Gasteiger partial charge in [-0.05, 0) is 17.5 Å². The second-order valence-corrected chi connectivity index (χ2v) is 3.67. The van der Waals surface area contributed by atoms with Crippen LogP contribution in [0.5, 0.6) is 0 Å². The normalized spacial score (nSPS) is 17.5. The van der Waals surface area contributed by atoms with Crippen molar-refractivity contribution in [2.45, 2.75) is 5.92 Å². The molecule has 3 rings (SSSR count). The number of rotatable bonds is 1. The first-order valence-corrected chi connectivity index (χ1v) is 4.72. The number of H-pyrrole nitrogens is 1. The predicted molar refractivity (Wildman–Crippen MR) is 53.9 cm³/mol. The Morgan fingerprint density at radius 1 is 1.15 bits per heavy atom. The number of para-hydroxylation sites is 1. The third-order valence-corrected chi connectivity index (χ3v) is 2.77. The quantitative estimate of drug-likeness (QED) is 0.675. The molecule has 1 aromatic heterocycles. The highest BCUT2D eigenvalue weighted by Crippen LogP contribution is 2.23. The van der Waals surface area contributed by atoms with Crippen LogP contribution >= 0.6 is 0 Å². The van der Waals surface area contributed by atoms with Gasteiger partial charge in [0.2, 0.25) is 0 Å². The van der Waals surface area contributed by atoms with Crippen molar-refractivity contribution in [1.82, 2.24) is 10.3 Å².